The third-order valence-electron chi connectivity index (χ3n) is 3.32. The zero-order valence-corrected chi connectivity index (χ0v) is 12.5. The van der Waals surface area contributed by atoms with Crippen LogP contribution in [0.3, 0.4) is 0 Å². The Labute approximate surface area is 125 Å². The summed E-state index contributed by atoms with van der Waals surface area (Å²) in [7, 11) is 2.88. The summed E-state index contributed by atoms with van der Waals surface area (Å²) >= 11 is 0. The van der Waals surface area contributed by atoms with Crippen LogP contribution in [0.25, 0.3) is 11.2 Å². The minimum absolute atomic E-state index is 0.0346. The number of aromatic nitrogens is 4. The molecule has 1 unspecified atom stereocenters. The van der Waals surface area contributed by atoms with Crippen LogP contribution in [-0.2, 0) is 25.4 Å². The molecule has 0 radical (unpaired) electrons. The summed E-state index contributed by atoms with van der Waals surface area (Å²) in [6.45, 7) is 3.92. The Hall–Kier alpha value is -2.39. The van der Waals surface area contributed by atoms with E-state index in [2.05, 4.69) is 11.6 Å². The Morgan fingerprint density at radius 3 is 2.73 bits per heavy atom. The van der Waals surface area contributed by atoms with Crippen molar-refractivity contribution in [2.75, 3.05) is 18.9 Å². The molecule has 0 aliphatic rings. The van der Waals surface area contributed by atoms with E-state index >= 15 is 0 Å². The van der Waals surface area contributed by atoms with E-state index in [9.17, 15) is 14.7 Å². The van der Waals surface area contributed by atoms with Gasteiger partial charge in [0.15, 0.2) is 11.2 Å². The van der Waals surface area contributed by atoms with Crippen LogP contribution in [0.5, 0.6) is 0 Å². The van der Waals surface area contributed by atoms with E-state index in [0.29, 0.717) is 6.61 Å². The summed E-state index contributed by atoms with van der Waals surface area (Å²) in [6.07, 6.45) is 0.695. The molecule has 0 aliphatic carbocycles. The topological polar surface area (TPSA) is 117 Å². The maximum Gasteiger partial charge on any atom is 0.332 e. The normalized spacial score (nSPS) is 12.7. The molecule has 9 nitrogen and oxygen atoms in total. The van der Waals surface area contributed by atoms with Crippen LogP contribution in [-0.4, -0.2) is 43.1 Å². The maximum absolute atomic E-state index is 12.3. The molecule has 0 aromatic carbocycles. The van der Waals surface area contributed by atoms with Crippen molar-refractivity contribution >= 4 is 17.1 Å². The number of nitrogens with two attached hydrogens (primary N) is 1. The summed E-state index contributed by atoms with van der Waals surface area (Å²) in [5.74, 6) is 0.0519. The van der Waals surface area contributed by atoms with Crippen molar-refractivity contribution in [2.45, 2.75) is 12.6 Å². The average molecular weight is 309 g/mol. The van der Waals surface area contributed by atoms with Crippen LogP contribution in [0.1, 0.15) is 0 Å². The van der Waals surface area contributed by atoms with Crippen LogP contribution in [0.2, 0.25) is 0 Å². The number of aryl methyl sites for hydroxylation is 1. The van der Waals surface area contributed by atoms with E-state index in [1.54, 1.807) is 6.08 Å². The van der Waals surface area contributed by atoms with Gasteiger partial charge in [-0.05, 0) is 0 Å². The fourth-order valence-electron chi connectivity index (χ4n) is 2.20. The highest BCUT2D eigenvalue weighted by Crippen LogP contribution is 2.13. The van der Waals surface area contributed by atoms with E-state index in [-0.39, 0.29) is 30.3 Å². The quantitative estimate of drug-likeness (QED) is 0.499. The van der Waals surface area contributed by atoms with Gasteiger partial charge in [0.25, 0.3) is 5.56 Å². The van der Waals surface area contributed by atoms with Crippen molar-refractivity contribution in [1.29, 1.82) is 0 Å². The molecular formula is C13H19N5O4. The van der Waals surface area contributed by atoms with Crippen molar-refractivity contribution in [1.82, 2.24) is 18.7 Å². The van der Waals surface area contributed by atoms with E-state index in [1.807, 2.05) is 0 Å². The predicted molar refractivity (Wildman–Crippen MR) is 81.7 cm³/mol. The molecule has 2 aromatic heterocycles. The number of aliphatic hydroxyl groups excluding tert-OH is 1. The third-order valence-corrected chi connectivity index (χ3v) is 3.32. The molecule has 0 amide bonds. The molecule has 120 valence electrons. The van der Waals surface area contributed by atoms with Crippen molar-refractivity contribution < 1.29 is 9.84 Å². The first kappa shape index (κ1) is 16.0. The average Bonchev–Trinajstić information content (AvgIpc) is 2.80. The lowest BCUT2D eigenvalue weighted by Crippen LogP contribution is -2.38. The van der Waals surface area contributed by atoms with Gasteiger partial charge in [-0.1, -0.05) is 6.08 Å². The Morgan fingerprint density at radius 2 is 2.09 bits per heavy atom. The van der Waals surface area contributed by atoms with E-state index in [0.717, 1.165) is 4.57 Å². The lowest BCUT2D eigenvalue weighted by molar-refractivity contribution is 0.0405. The van der Waals surface area contributed by atoms with Gasteiger partial charge in [0.05, 0.1) is 25.9 Å². The molecule has 0 saturated heterocycles. The Morgan fingerprint density at radius 1 is 1.41 bits per heavy atom. The van der Waals surface area contributed by atoms with Gasteiger partial charge in [-0.3, -0.25) is 13.9 Å². The molecule has 2 heterocycles. The van der Waals surface area contributed by atoms with Crippen LogP contribution in [0, 0.1) is 0 Å². The first-order valence-corrected chi connectivity index (χ1v) is 6.66. The number of hydrogen-bond donors (Lipinski definition) is 2. The fraction of sp³-hybridized carbons (Fsp3) is 0.462. The highest BCUT2D eigenvalue weighted by molar-refractivity contribution is 5.73. The molecule has 2 rings (SSSR count). The van der Waals surface area contributed by atoms with Crippen LogP contribution in [0.4, 0.5) is 5.95 Å². The van der Waals surface area contributed by atoms with Crippen LogP contribution >= 0.6 is 0 Å². The second-order valence-electron chi connectivity index (χ2n) is 4.94. The molecule has 0 spiro atoms. The molecule has 22 heavy (non-hydrogen) atoms. The second kappa shape index (κ2) is 6.16. The number of rotatable bonds is 6. The Bertz CT molecular complexity index is 816. The van der Waals surface area contributed by atoms with Crippen molar-refractivity contribution in [2.24, 2.45) is 14.1 Å². The number of aliphatic hydroxyl groups is 1. The smallest absolute Gasteiger partial charge is 0.332 e. The molecule has 2 aromatic rings. The molecule has 0 aliphatic heterocycles. The highest BCUT2D eigenvalue weighted by atomic mass is 16.5. The lowest BCUT2D eigenvalue weighted by Gasteiger charge is -2.13. The first-order valence-electron chi connectivity index (χ1n) is 6.66. The molecule has 1 atom stereocenters. The minimum Gasteiger partial charge on any atom is -0.389 e. The van der Waals surface area contributed by atoms with Gasteiger partial charge in [-0.2, -0.15) is 4.98 Å². The van der Waals surface area contributed by atoms with Gasteiger partial charge in [0.2, 0.25) is 5.95 Å². The number of nitrogen functional groups attached to an aromatic ring is 1. The van der Waals surface area contributed by atoms with Crippen molar-refractivity contribution in [3.63, 3.8) is 0 Å². The van der Waals surface area contributed by atoms with Gasteiger partial charge < -0.3 is 20.1 Å². The number of fused-ring (bicyclic) bond motifs is 1. The largest absolute Gasteiger partial charge is 0.389 e. The molecule has 9 heteroatoms. The van der Waals surface area contributed by atoms with Gasteiger partial charge in [0, 0.05) is 14.1 Å². The second-order valence-corrected chi connectivity index (χ2v) is 4.94. The van der Waals surface area contributed by atoms with Crippen LogP contribution < -0.4 is 17.0 Å². The summed E-state index contributed by atoms with van der Waals surface area (Å²) in [5, 5.41) is 9.97. The standard InChI is InChI=1S/C13H19N5O4/c1-4-5-22-7-8(19)6-18-9-10(15-12(18)14)16(2)13(21)17(3)11(9)20/h4,8,19H,1,5-7H2,2-3H3,(H2,14,15). The number of ether oxygens (including phenoxy) is 1. The summed E-state index contributed by atoms with van der Waals surface area (Å²) in [5.41, 5.74) is 5.17. The SMILES string of the molecule is C=CCOCC(O)Cn1c(N)nc2c1c(=O)n(C)c(=O)n2C. The monoisotopic (exact) mass is 309 g/mol. The predicted octanol–water partition coefficient (Wildman–Crippen LogP) is -1.42. The number of imidazole rings is 1. The summed E-state index contributed by atoms with van der Waals surface area (Å²) in [4.78, 5) is 28.2. The van der Waals surface area contributed by atoms with Gasteiger partial charge in [-0.25, -0.2) is 4.79 Å². The van der Waals surface area contributed by atoms with Crippen molar-refractivity contribution in [3.05, 3.63) is 33.5 Å². The van der Waals surface area contributed by atoms with E-state index in [4.69, 9.17) is 10.5 Å². The fourth-order valence-corrected chi connectivity index (χ4v) is 2.20. The van der Waals surface area contributed by atoms with Crippen molar-refractivity contribution in [3.8, 4) is 0 Å². The summed E-state index contributed by atoms with van der Waals surface area (Å²) in [6, 6.07) is 0. The molecular weight excluding hydrogens is 290 g/mol. The highest BCUT2D eigenvalue weighted by Gasteiger charge is 2.19. The maximum atomic E-state index is 12.3. The number of anilines is 1. The third kappa shape index (κ3) is 2.68. The first-order chi connectivity index (χ1) is 10.4. The molecule has 3 N–H and O–H groups in total. The van der Waals surface area contributed by atoms with Gasteiger partial charge >= 0.3 is 5.69 Å². The molecule has 0 saturated carbocycles. The number of hydrogen-bond acceptors (Lipinski definition) is 6. The minimum atomic E-state index is -0.874. The zero-order valence-electron chi connectivity index (χ0n) is 12.5. The van der Waals surface area contributed by atoms with E-state index < -0.39 is 17.4 Å². The Balaban J connectivity index is 2.47. The van der Waals surface area contributed by atoms with E-state index in [1.165, 1.54) is 23.2 Å². The summed E-state index contributed by atoms with van der Waals surface area (Å²) < 4.78 is 8.76. The zero-order chi connectivity index (χ0) is 16.4. The lowest BCUT2D eigenvalue weighted by atomic mass is 10.3. The van der Waals surface area contributed by atoms with Gasteiger partial charge in [-0.15, -0.1) is 6.58 Å². The van der Waals surface area contributed by atoms with Crippen LogP contribution in [0.15, 0.2) is 22.2 Å². The Kier molecular flexibility index (Phi) is 4.48. The van der Waals surface area contributed by atoms with Gasteiger partial charge in [0.1, 0.15) is 0 Å². The number of nitrogens with zero attached hydrogens (tertiary/aromatic N) is 4. The molecule has 0 fully saturated rings. The molecule has 0 bridgehead atoms.